The largest absolute Gasteiger partial charge is 0.423 e. The zero-order chi connectivity index (χ0) is 17.5. The lowest BCUT2D eigenvalue weighted by Crippen LogP contribution is -2.26. The van der Waals surface area contributed by atoms with Crippen molar-refractivity contribution in [3.8, 4) is 5.75 Å². The van der Waals surface area contributed by atoms with Crippen LogP contribution in [-0.2, 0) is 11.2 Å². The van der Waals surface area contributed by atoms with Gasteiger partial charge in [0.2, 0.25) is 5.82 Å². The lowest BCUT2D eigenvalue weighted by atomic mass is 9.81. The Morgan fingerprint density at radius 2 is 1.79 bits per heavy atom. The molecular formula is C20H28F2O2. The highest BCUT2D eigenvalue weighted by Gasteiger charge is 2.28. The summed E-state index contributed by atoms with van der Waals surface area (Å²) in [7, 11) is 0. The van der Waals surface area contributed by atoms with Crippen LogP contribution >= 0.6 is 0 Å². The number of unbranched alkanes of at least 4 members (excludes halogenated alkanes) is 2. The van der Waals surface area contributed by atoms with Crippen LogP contribution in [0.3, 0.4) is 0 Å². The summed E-state index contributed by atoms with van der Waals surface area (Å²) < 4.78 is 33.4. The molecule has 2 rings (SSSR count). The minimum Gasteiger partial charge on any atom is -0.423 e. The first-order valence-corrected chi connectivity index (χ1v) is 9.25. The molecule has 1 aliphatic rings. The highest BCUT2D eigenvalue weighted by atomic mass is 19.2. The van der Waals surface area contributed by atoms with Crippen LogP contribution in [0.25, 0.3) is 0 Å². The van der Waals surface area contributed by atoms with Crippen LogP contribution in [0.2, 0.25) is 0 Å². The molecule has 2 nitrogen and oxygen atoms in total. The fraction of sp³-hybridized carbons (Fsp3) is 0.650. The molecule has 1 aromatic rings. The standard InChI is InChI=1S/C20H28F2O2/c1-3-5-6-7-15-12-13-17(19(22)18(15)21)24-20(23)16-10-8-14(4-2)9-11-16/h12-14,16H,3-11H2,1-2H3. The molecule has 1 fully saturated rings. The SMILES string of the molecule is CCCCCc1ccc(OC(=O)C2CCC(CC)CC2)c(F)c1F. The molecular weight excluding hydrogens is 310 g/mol. The number of halogens is 2. The van der Waals surface area contributed by atoms with Gasteiger partial charge in [0.1, 0.15) is 0 Å². The molecule has 1 aromatic carbocycles. The van der Waals surface area contributed by atoms with Crippen molar-refractivity contribution in [2.45, 2.75) is 71.6 Å². The number of esters is 1. The maximum absolute atomic E-state index is 14.2. The van der Waals surface area contributed by atoms with Gasteiger partial charge in [-0.15, -0.1) is 0 Å². The number of aryl methyl sites for hydroxylation is 1. The molecule has 1 aliphatic carbocycles. The summed E-state index contributed by atoms with van der Waals surface area (Å²) in [6, 6.07) is 2.92. The summed E-state index contributed by atoms with van der Waals surface area (Å²) in [6.45, 7) is 4.22. The van der Waals surface area contributed by atoms with E-state index in [1.807, 2.05) is 0 Å². The van der Waals surface area contributed by atoms with Gasteiger partial charge in [0.25, 0.3) is 0 Å². The first-order valence-electron chi connectivity index (χ1n) is 9.25. The van der Waals surface area contributed by atoms with E-state index in [1.165, 1.54) is 12.1 Å². The summed E-state index contributed by atoms with van der Waals surface area (Å²) in [5.74, 6) is -2.16. The Bertz CT molecular complexity index is 549. The van der Waals surface area contributed by atoms with Crippen molar-refractivity contribution in [1.29, 1.82) is 0 Å². The topological polar surface area (TPSA) is 26.3 Å². The second kappa shape index (κ2) is 9.14. The first kappa shape index (κ1) is 18.9. The Morgan fingerprint density at radius 3 is 2.42 bits per heavy atom. The van der Waals surface area contributed by atoms with E-state index in [1.54, 1.807) is 0 Å². The molecule has 1 saturated carbocycles. The lowest BCUT2D eigenvalue weighted by molar-refractivity contribution is -0.140. The summed E-state index contributed by atoms with van der Waals surface area (Å²) in [6.07, 6.45) is 8.03. The second-order valence-corrected chi connectivity index (χ2v) is 6.85. The van der Waals surface area contributed by atoms with Crippen LogP contribution in [0.15, 0.2) is 12.1 Å². The molecule has 0 heterocycles. The van der Waals surface area contributed by atoms with Gasteiger partial charge in [0, 0.05) is 0 Å². The lowest BCUT2D eigenvalue weighted by Gasteiger charge is -2.26. The van der Waals surface area contributed by atoms with Gasteiger partial charge in [0.15, 0.2) is 11.6 Å². The van der Waals surface area contributed by atoms with E-state index in [9.17, 15) is 13.6 Å². The van der Waals surface area contributed by atoms with Gasteiger partial charge in [-0.25, -0.2) is 4.39 Å². The summed E-state index contributed by atoms with van der Waals surface area (Å²) in [4.78, 5) is 12.2. The second-order valence-electron chi connectivity index (χ2n) is 6.85. The maximum Gasteiger partial charge on any atom is 0.314 e. The monoisotopic (exact) mass is 338 g/mol. The Morgan fingerprint density at radius 1 is 1.08 bits per heavy atom. The fourth-order valence-electron chi connectivity index (χ4n) is 3.41. The molecule has 0 atom stereocenters. The minimum absolute atomic E-state index is 0.195. The normalized spacial score (nSPS) is 20.8. The molecule has 0 saturated heterocycles. The van der Waals surface area contributed by atoms with Crippen LogP contribution in [0, 0.1) is 23.5 Å². The van der Waals surface area contributed by atoms with Gasteiger partial charge in [-0.05, 0) is 56.1 Å². The van der Waals surface area contributed by atoms with E-state index in [0.717, 1.165) is 51.4 Å². The molecule has 0 spiro atoms. The minimum atomic E-state index is -1.04. The Labute approximate surface area is 143 Å². The number of rotatable bonds is 7. The van der Waals surface area contributed by atoms with Gasteiger partial charge < -0.3 is 4.74 Å². The molecule has 24 heavy (non-hydrogen) atoms. The van der Waals surface area contributed by atoms with Gasteiger partial charge in [-0.1, -0.05) is 39.2 Å². The number of carbonyl (C=O) groups excluding carboxylic acids is 1. The van der Waals surface area contributed by atoms with E-state index in [2.05, 4.69) is 13.8 Å². The number of ether oxygens (including phenoxy) is 1. The number of hydrogen-bond acceptors (Lipinski definition) is 2. The van der Waals surface area contributed by atoms with Gasteiger partial charge in [-0.2, -0.15) is 4.39 Å². The first-order chi connectivity index (χ1) is 11.6. The molecule has 0 aliphatic heterocycles. The van der Waals surface area contributed by atoms with Gasteiger partial charge >= 0.3 is 5.97 Å². The Balaban J connectivity index is 1.97. The molecule has 134 valence electrons. The van der Waals surface area contributed by atoms with Crippen LogP contribution in [0.5, 0.6) is 5.75 Å². The highest BCUT2D eigenvalue weighted by Crippen LogP contribution is 2.32. The predicted molar refractivity (Wildman–Crippen MR) is 91.0 cm³/mol. The fourth-order valence-corrected chi connectivity index (χ4v) is 3.41. The van der Waals surface area contributed by atoms with Gasteiger partial charge in [-0.3, -0.25) is 4.79 Å². The third-order valence-electron chi connectivity index (χ3n) is 5.14. The van der Waals surface area contributed by atoms with E-state index in [0.29, 0.717) is 17.9 Å². The Kier molecular flexibility index (Phi) is 7.19. The highest BCUT2D eigenvalue weighted by molar-refractivity contribution is 5.75. The van der Waals surface area contributed by atoms with E-state index in [-0.39, 0.29) is 11.7 Å². The van der Waals surface area contributed by atoms with E-state index < -0.39 is 17.6 Å². The smallest absolute Gasteiger partial charge is 0.314 e. The quantitative estimate of drug-likeness (QED) is 0.356. The van der Waals surface area contributed by atoms with Crippen LogP contribution < -0.4 is 4.74 Å². The zero-order valence-corrected chi connectivity index (χ0v) is 14.7. The summed E-state index contributed by atoms with van der Waals surface area (Å²) in [5, 5.41) is 0. The summed E-state index contributed by atoms with van der Waals surface area (Å²) >= 11 is 0. The van der Waals surface area contributed by atoms with Crippen molar-refractivity contribution in [1.82, 2.24) is 0 Å². The number of hydrogen-bond donors (Lipinski definition) is 0. The van der Waals surface area contributed by atoms with E-state index in [4.69, 9.17) is 4.74 Å². The molecule has 0 aromatic heterocycles. The van der Waals surface area contributed by atoms with Crippen molar-refractivity contribution in [3.05, 3.63) is 29.3 Å². The van der Waals surface area contributed by atoms with Crippen LogP contribution in [0.4, 0.5) is 8.78 Å². The Hall–Kier alpha value is -1.45. The molecule has 0 unspecified atom stereocenters. The van der Waals surface area contributed by atoms with Crippen molar-refractivity contribution in [2.24, 2.45) is 11.8 Å². The average molecular weight is 338 g/mol. The zero-order valence-electron chi connectivity index (χ0n) is 14.7. The molecule has 0 N–H and O–H groups in total. The van der Waals surface area contributed by atoms with Crippen molar-refractivity contribution < 1.29 is 18.3 Å². The third-order valence-corrected chi connectivity index (χ3v) is 5.14. The predicted octanol–water partition coefficient (Wildman–Crippen LogP) is 5.82. The van der Waals surface area contributed by atoms with Gasteiger partial charge in [0.05, 0.1) is 5.92 Å². The average Bonchev–Trinajstić information content (AvgIpc) is 2.61. The van der Waals surface area contributed by atoms with Crippen LogP contribution in [-0.4, -0.2) is 5.97 Å². The maximum atomic E-state index is 14.2. The van der Waals surface area contributed by atoms with Crippen molar-refractivity contribution >= 4 is 5.97 Å². The van der Waals surface area contributed by atoms with Crippen LogP contribution in [0.1, 0.15) is 70.8 Å². The van der Waals surface area contributed by atoms with E-state index >= 15 is 0 Å². The summed E-state index contributed by atoms with van der Waals surface area (Å²) in [5.41, 5.74) is 0.351. The molecule has 0 bridgehead atoms. The third kappa shape index (κ3) is 4.78. The number of carbonyl (C=O) groups is 1. The molecule has 0 radical (unpaired) electrons. The number of benzene rings is 1. The molecule has 4 heteroatoms. The molecule has 0 amide bonds. The van der Waals surface area contributed by atoms with Crippen molar-refractivity contribution in [2.75, 3.05) is 0 Å². The van der Waals surface area contributed by atoms with Crippen molar-refractivity contribution in [3.63, 3.8) is 0 Å².